The van der Waals surface area contributed by atoms with E-state index >= 15 is 0 Å². The number of nitrogens with zero attached hydrogens (tertiary/aromatic N) is 1. The molecule has 7 nitrogen and oxygen atoms in total. The van der Waals surface area contributed by atoms with Crippen LogP contribution in [-0.2, 0) is 4.74 Å². The largest absolute Gasteiger partial charge is 0.461 e. The second kappa shape index (κ2) is 13.2. The number of carbonyl (C=O) groups is 2. The van der Waals surface area contributed by atoms with Crippen LogP contribution in [0.5, 0.6) is 0 Å². The number of aromatic nitrogens is 1. The van der Waals surface area contributed by atoms with E-state index in [0.717, 1.165) is 42.0 Å². The van der Waals surface area contributed by atoms with Crippen LogP contribution in [0, 0.1) is 23.5 Å². The van der Waals surface area contributed by atoms with Crippen molar-refractivity contribution in [2.24, 2.45) is 11.8 Å². The molecule has 0 aliphatic carbocycles. The van der Waals surface area contributed by atoms with Crippen LogP contribution in [-0.4, -0.2) is 36.7 Å². The Hall–Kier alpha value is -4.11. The lowest BCUT2D eigenvalue weighted by atomic mass is 9.98. The molecule has 0 bridgehead atoms. The summed E-state index contributed by atoms with van der Waals surface area (Å²) >= 11 is 6.89. The molecule has 0 atom stereocenters. The number of fused-ring (bicyclic) bond motifs is 1. The Labute approximate surface area is 249 Å². The summed E-state index contributed by atoms with van der Waals surface area (Å²) in [5, 5.41) is 6.12. The van der Waals surface area contributed by atoms with Crippen LogP contribution in [0.3, 0.4) is 0 Å². The molecule has 42 heavy (non-hydrogen) atoms. The van der Waals surface area contributed by atoms with Gasteiger partial charge in [0.1, 0.15) is 17.3 Å². The summed E-state index contributed by atoms with van der Waals surface area (Å²) < 4.78 is 32.6. The van der Waals surface area contributed by atoms with Gasteiger partial charge in [0, 0.05) is 41.3 Å². The van der Waals surface area contributed by atoms with Crippen LogP contribution in [0.15, 0.2) is 54.6 Å². The monoisotopic (exact) mass is 596 g/mol. The number of benzene rings is 3. The SMILES string of the molecule is CCOC(=O)c1[nH]c2ccc(-c3cccc(NC(=O)Nc4ccc(F)cc4F)c3)c(N(CC(C)C)CC(C)C)c2c1Cl. The third-order valence-corrected chi connectivity index (χ3v) is 6.83. The Kier molecular flexibility index (Phi) is 9.73. The van der Waals surface area contributed by atoms with Crippen molar-refractivity contribution >= 4 is 51.6 Å². The Bertz CT molecular complexity index is 1590. The Morgan fingerprint density at radius 3 is 2.33 bits per heavy atom. The first-order valence-electron chi connectivity index (χ1n) is 13.9. The van der Waals surface area contributed by atoms with Crippen LogP contribution in [0.4, 0.5) is 30.6 Å². The van der Waals surface area contributed by atoms with E-state index in [-0.39, 0.29) is 23.0 Å². The topological polar surface area (TPSA) is 86.5 Å². The summed E-state index contributed by atoms with van der Waals surface area (Å²) in [6, 6.07) is 13.3. The summed E-state index contributed by atoms with van der Waals surface area (Å²) in [5.41, 5.74) is 3.73. The number of urea groups is 1. The number of halogens is 3. The van der Waals surface area contributed by atoms with Crippen molar-refractivity contribution in [3.8, 4) is 11.1 Å². The number of hydrogen-bond acceptors (Lipinski definition) is 4. The van der Waals surface area contributed by atoms with Gasteiger partial charge in [-0.2, -0.15) is 0 Å². The summed E-state index contributed by atoms with van der Waals surface area (Å²) in [6.07, 6.45) is 0. The van der Waals surface area contributed by atoms with Gasteiger partial charge in [0.05, 0.1) is 23.0 Å². The minimum atomic E-state index is -0.877. The zero-order valence-corrected chi connectivity index (χ0v) is 25.0. The van der Waals surface area contributed by atoms with E-state index in [0.29, 0.717) is 34.5 Å². The van der Waals surface area contributed by atoms with Crippen LogP contribution in [0.2, 0.25) is 5.02 Å². The van der Waals surface area contributed by atoms with Gasteiger partial charge < -0.3 is 25.3 Å². The van der Waals surface area contributed by atoms with Crippen molar-refractivity contribution in [3.63, 3.8) is 0 Å². The molecule has 0 aliphatic rings. The number of anilines is 3. The van der Waals surface area contributed by atoms with E-state index in [1.807, 2.05) is 18.2 Å². The molecule has 1 aromatic heterocycles. The third kappa shape index (κ3) is 7.02. The van der Waals surface area contributed by atoms with Crippen LogP contribution >= 0.6 is 11.6 Å². The van der Waals surface area contributed by atoms with Crippen molar-refractivity contribution in [1.29, 1.82) is 0 Å². The first kappa shape index (κ1) is 30.8. The van der Waals surface area contributed by atoms with Crippen LogP contribution in [0.1, 0.15) is 45.1 Å². The van der Waals surface area contributed by atoms with Crippen molar-refractivity contribution in [2.45, 2.75) is 34.6 Å². The molecule has 0 unspecified atom stereocenters. The number of aromatic amines is 1. The lowest BCUT2D eigenvalue weighted by Gasteiger charge is -2.31. The fraction of sp³-hybridized carbons (Fsp3) is 0.312. The summed E-state index contributed by atoms with van der Waals surface area (Å²) in [6.45, 7) is 12.0. The lowest BCUT2D eigenvalue weighted by molar-refractivity contribution is 0.0520. The van der Waals surface area contributed by atoms with Gasteiger partial charge in [0.2, 0.25) is 0 Å². The number of H-pyrrole nitrogens is 1. The minimum absolute atomic E-state index is 0.143. The zero-order valence-electron chi connectivity index (χ0n) is 24.3. The number of nitrogens with one attached hydrogen (secondary N) is 3. The molecule has 1 heterocycles. The van der Waals surface area contributed by atoms with Gasteiger partial charge >= 0.3 is 12.0 Å². The maximum atomic E-state index is 14.1. The molecular weight excluding hydrogens is 562 g/mol. The molecule has 4 rings (SSSR count). The Morgan fingerprint density at radius 1 is 0.976 bits per heavy atom. The van der Waals surface area contributed by atoms with E-state index < -0.39 is 23.6 Å². The maximum Gasteiger partial charge on any atom is 0.356 e. The van der Waals surface area contributed by atoms with E-state index in [9.17, 15) is 18.4 Å². The smallest absolute Gasteiger partial charge is 0.356 e. The quantitative estimate of drug-likeness (QED) is 0.160. The summed E-state index contributed by atoms with van der Waals surface area (Å²) in [4.78, 5) is 30.8. The molecule has 0 radical (unpaired) electrons. The number of rotatable bonds is 10. The molecule has 10 heteroatoms. The summed E-state index contributed by atoms with van der Waals surface area (Å²) in [5.74, 6) is -1.48. The van der Waals surface area contributed by atoms with Gasteiger partial charge in [-0.25, -0.2) is 18.4 Å². The van der Waals surface area contributed by atoms with E-state index in [2.05, 4.69) is 48.2 Å². The second-order valence-corrected chi connectivity index (χ2v) is 11.3. The van der Waals surface area contributed by atoms with Crippen molar-refractivity contribution in [1.82, 2.24) is 4.98 Å². The molecule has 3 N–H and O–H groups in total. The van der Waals surface area contributed by atoms with Gasteiger partial charge in [-0.1, -0.05) is 57.5 Å². The molecule has 0 aliphatic heterocycles. The highest BCUT2D eigenvalue weighted by atomic mass is 35.5. The highest BCUT2D eigenvalue weighted by molar-refractivity contribution is 6.40. The molecular formula is C32H35ClF2N4O3. The van der Waals surface area contributed by atoms with Gasteiger partial charge in [0.25, 0.3) is 0 Å². The first-order chi connectivity index (χ1) is 20.0. The van der Waals surface area contributed by atoms with Crippen molar-refractivity contribution in [2.75, 3.05) is 35.2 Å². The Morgan fingerprint density at radius 2 is 1.69 bits per heavy atom. The fourth-order valence-corrected chi connectivity index (χ4v) is 5.23. The van der Waals surface area contributed by atoms with Gasteiger partial charge in [0.15, 0.2) is 0 Å². The highest BCUT2D eigenvalue weighted by Gasteiger charge is 2.25. The second-order valence-electron chi connectivity index (χ2n) is 10.9. The lowest BCUT2D eigenvalue weighted by Crippen LogP contribution is -2.32. The standard InChI is InChI=1S/C32H35ClF2N4O3/c1-6-42-31(40)29-28(33)27-26(37-29)13-11-23(30(27)39(16-18(2)3)17-19(4)5)20-8-7-9-22(14-20)36-32(41)38-25-12-10-21(34)15-24(25)35/h7-15,18-19,37H,6,16-17H2,1-5H3,(H2,36,38,41). The molecule has 2 amide bonds. The molecule has 0 fully saturated rings. The van der Waals surface area contributed by atoms with Crippen LogP contribution in [0.25, 0.3) is 22.0 Å². The minimum Gasteiger partial charge on any atom is -0.461 e. The van der Waals surface area contributed by atoms with Crippen LogP contribution < -0.4 is 15.5 Å². The molecule has 4 aromatic rings. The number of amides is 2. The normalized spacial score (nSPS) is 11.3. The van der Waals surface area contributed by atoms with E-state index in [1.165, 1.54) is 0 Å². The predicted molar refractivity (Wildman–Crippen MR) is 166 cm³/mol. The van der Waals surface area contributed by atoms with Gasteiger partial charge in [-0.05, 0) is 54.7 Å². The molecule has 0 saturated heterocycles. The molecule has 0 saturated carbocycles. The average molecular weight is 597 g/mol. The van der Waals surface area contributed by atoms with Crippen molar-refractivity contribution < 1.29 is 23.1 Å². The number of hydrogen-bond donors (Lipinski definition) is 3. The number of esters is 1. The maximum absolute atomic E-state index is 14.1. The fourth-order valence-electron chi connectivity index (χ4n) is 4.92. The van der Waals surface area contributed by atoms with Gasteiger partial charge in [-0.3, -0.25) is 0 Å². The van der Waals surface area contributed by atoms with E-state index in [4.69, 9.17) is 16.3 Å². The first-order valence-corrected chi connectivity index (χ1v) is 14.3. The summed E-state index contributed by atoms with van der Waals surface area (Å²) in [7, 11) is 0. The zero-order chi connectivity index (χ0) is 30.6. The molecule has 222 valence electrons. The third-order valence-electron chi connectivity index (χ3n) is 6.45. The number of ether oxygens (including phenoxy) is 1. The Balaban J connectivity index is 1.80. The van der Waals surface area contributed by atoms with E-state index in [1.54, 1.807) is 25.1 Å². The highest BCUT2D eigenvalue weighted by Crippen LogP contribution is 2.43. The molecule has 3 aromatic carbocycles. The van der Waals surface area contributed by atoms with Gasteiger partial charge in [-0.15, -0.1) is 0 Å². The predicted octanol–water partition coefficient (Wildman–Crippen LogP) is 8.71. The number of carbonyl (C=O) groups excluding carboxylic acids is 2. The average Bonchev–Trinajstić information content (AvgIpc) is 3.25. The van der Waals surface area contributed by atoms with Crippen molar-refractivity contribution in [3.05, 3.63) is 76.9 Å². The molecule has 0 spiro atoms.